The zero-order chi connectivity index (χ0) is 61.7. The van der Waals surface area contributed by atoms with Crippen molar-refractivity contribution in [1.29, 1.82) is 0 Å². The summed E-state index contributed by atoms with van der Waals surface area (Å²) in [6, 6.07) is 13.7. The van der Waals surface area contributed by atoms with Crippen LogP contribution < -0.4 is 94.5 Å². The number of ketones is 1. The molecule has 0 bridgehead atoms. The molecule has 6 aliphatic rings. The second kappa shape index (κ2) is 26.7. The van der Waals surface area contributed by atoms with Crippen LogP contribution in [0.25, 0.3) is 5.57 Å². The number of benzene rings is 5. The number of halogens is 4. The molecule has 0 spiro atoms. The Hall–Kier alpha value is -3.16. The fourth-order valence-electron chi connectivity index (χ4n) is 13.8. The van der Waals surface area contributed by atoms with Gasteiger partial charge in [-0.2, -0.15) is 0 Å². The molecule has 11 rings (SSSR count). The number of carboxylic acid groups (broad SMARTS) is 1. The molecule has 0 fully saturated rings. The van der Waals surface area contributed by atoms with Gasteiger partial charge in [0.05, 0.1) is 43.3 Å². The first-order valence-electron chi connectivity index (χ1n) is 28.6. The second-order valence-electron chi connectivity index (χ2n) is 24.8. The van der Waals surface area contributed by atoms with E-state index in [-0.39, 0.29) is 162 Å². The zero-order valence-corrected chi connectivity index (χ0v) is 60.3. The fourth-order valence-corrected chi connectivity index (χ4v) is 18.1. The number of carbonyl (C=O) groups excluding carboxylic acids is 2. The molecule has 25 heteroatoms. The minimum atomic E-state index is -5.55. The Morgan fingerprint density at radius 2 is 1.51 bits per heavy atom. The van der Waals surface area contributed by atoms with Crippen molar-refractivity contribution < 1.29 is 119 Å². The summed E-state index contributed by atoms with van der Waals surface area (Å²) in [4.78, 5) is 43.1. The molecular formula is C63H63BrCl3N3Na2O13S3. The number of hydrogen-bond acceptors (Lipinski definition) is 15. The molecule has 2 aliphatic carbocycles. The smallest absolute Gasteiger partial charge is 0.744 e. The number of fused-ring (bicyclic) bond motifs is 8. The van der Waals surface area contributed by atoms with E-state index in [0.717, 1.165) is 51.0 Å². The molecule has 5 aromatic carbocycles. The van der Waals surface area contributed by atoms with Gasteiger partial charge in [0.1, 0.15) is 35.8 Å². The molecule has 0 radical (unpaired) electrons. The summed E-state index contributed by atoms with van der Waals surface area (Å²) in [6.07, 6.45) is 10.2. The van der Waals surface area contributed by atoms with E-state index in [9.17, 15) is 45.4 Å². The number of carbonyl (C=O) groups is 3. The normalized spacial score (nSPS) is 20.5. The molecule has 3 N–H and O–H groups in total. The molecule has 456 valence electrons. The molecule has 4 heterocycles. The number of unbranched alkanes of at least 4 members (excludes halogenated alkanes) is 3. The molecule has 5 aromatic rings. The number of anilines is 1. The van der Waals surface area contributed by atoms with Crippen LogP contribution in [-0.4, -0.2) is 73.3 Å². The number of amides is 1. The third kappa shape index (κ3) is 13.6. The predicted octanol–water partition coefficient (Wildman–Crippen LogP) is 7.17. The van der Waals surface area contributed by atoms with E-state index >= 15 is 0 Å². The monoisotopic (exact) mass is 1400 g/mol. The first-order valence-corrected chi connectivity index (χ1v) is 34.4. The number of rotatable bonds is 18. The molecule has 0 aromatic heterocycles. The van der Waals surface area contributed by atoms with Crippen molar-refractivity contribution in [3.63, 3.8) is 0 Å². The summed E-state index contributed by atoms with van der Waals surface area (Å²) in [7, 11) is -11.0. The summed E-state index contributed by atoms with van der Waals surface area (Å²) in [5, 5.41) is 16.4. The molecule has 88 heavy (non-hydrogen) atoms. The Kier molecular flexibility index (Phi) is 21.0. The Morgan fingerprint density at radius 1 is 0.830 bits per heavy atom. The van der Waals surface area contributed by atoms with Gasteiger partial charge in [0, 0.05) is 62.3 Å². The summed E-state index contributed by atoms with van der Waals surface area (Å²) < 4.78 is 101. The molecule has 16 nitrogen and oxygen atoms in total. The van der Waals surface area contributed by atoms with Crippen LogP contribution in [0.15, 0.2) is 78.8 Å². The van der Waals surface area contributed by atoms with Crippen LogP contribution >= 0.6 is 62.5 Å². The third-order valence-electron chi connectivity index (χ3n) is 17.4. The van der Waals surface area contributed by atoms with Crippen LogP contribution in [0, 0.1) is 11.3 Å². The molecule has 4 aliphatic heterocycles. The van der Waals surface area contributed by atoms with Crippen molar-refractivity contribution in [2.24, 2.45) is 16.3 Å². The van der Waals surface area contributed by atoms with Gasteiger partial charge >= 0.3 is 65.1 Å². The minimum absolute atomic E-state index is 0. The van der Waals surface area contributed by atoms with Crippen molar-refractivity contribution in [3.8, 4) is 23.0 Å². The number of carboxylic acids is 1. The number of Topliss-reactive ketones (excluding diaryl/α,β-unsaturated/α-hetero) is 1. The third-order valence-corrected chi connectivity index (χ3v) is 22.5. The average Bonchev–Trinajstić information content (AvgIpc) is 1.97. The van der Waals surface area contributed by atoms with Crippen LogP contribution in [0.3, 0.4) is 0 Å². The Morgan fingerprint density at radius 3 is 2.20 bits per heavy atom. The van der Waals surface area contributed by atoms with E-state index in [1.807, 2.05) is 33.8 Å². The number of thioether (sulfide) groups is 1. The van der Waals surface area contributed by atoms with Crippen molar-refractivity contribution in [1.82, 2.24) is 5.32 Å². The number of nitrogens with one attached hydrogen (secondary N) is 2. The van der Waals surface area contributed by atoms with Gasteiger partial charge in [0.2, 0.25) is 12.7 Å². The van der Waals surface area contributed by atoms with Gasteiger partial charge in [0.25, 0.3) is 0 Å². The second-order valence-corrected chi connectivity index (χ2v) is 30.4. The minimum Gasteiger partial charge on any atom is -0.744 e. The van der Waals surface area contributed by atoms with Gasteiger partial charge in [-0.05, 0) is 146 Å². The van der Waals surface area contributed by atoms with E-state index in [0.29, 0.717) is 75.0 Å². The van der Waals surface area contributed by atoms with Crippen LogP contribution in [-0.2, 0) is 42.7 Å². The average molecular weight is 1400 g/mol. The number of allylic oxidation sites excluding steroid dienone is 2. The summed E-state index contributed by atoms with van der Waals surface area (Å²) in [5.74, 6) is -2.11. The quantitative estimate of drug-likeness (QED) is 0.0193. The number of aromatic carboxylic acids is 1. The largest absolute Gasteiger partial charge is 1.00 e. The Labute approximate surface area is 584 Å². The van der Waals surface area contributed by atoms with Crippen molar-refractivity contribution >= 4 is 112 Å². The summed E-state index contributed by atoms with van der Waals surface area (Å²) in [5.41, 5.74) is 2.78. The maximum atomic E-state index is 13.7. The molecular weight excluding hydrogens is 1340 g/mol. The van der Waals surface area contributed by atoms with Crippen molar-refractivity contribution in [2.45, 2.75) is 156 Å². The Bertz CT molecular complexity index is 4150. The van der Waals surface area contributed by atoms with Gasteiger partial charge in [-0.3, -0.25) is 14.6 Å². The van der Waals surface area contributed by atoms with Gasteiger partial charge in [-0.1, -0.05) is 116 Å². The van der Waals surface area contributed by atoms with Crippen LogP contribution in [0.2, 0.25) is 15.1 Å². The van der Waals surface area contributed by atoms with E-state index in [1.54, 1.807) is 19.9 Å². The fraction of sp³-hybridized carbons (Fsp3) is 0.429. The van der Waals surface area contributed by atoms with Gasteiger partial charge < -0.3 is 39.1 Å². The summed E-state index contributed by atoms with van der Waals surface area (Å²) in [6.45, 7) is 11.7. The molecule has 5 atom stereocenters. The maximum absolute atomic E-state index is 13.7. The van der Waals surface area contributed by atoms with Gasteiger partial charge in [0.15, 0.2) is 23.0 Å². The van der Waals surface area contributed by atoms with E-state index < -0.39 is 75.0 Å². The Balaban J connectivity index is 0.00000461. The molecule has 0 saturated carbocycles. The van der Waals surface area contributed by atoms with Crippen molar-refractivity contribution in [2.75, 3.05) is 24.4 Å². The molecule has 0 saturated heterocycles. The number of nitrogens with zero attached hydrogens (tertiary/aromatic N) is 1. The maximum Gasteiger partial charge on any atom is 1.00 e. The van der Waals surface area contributed by atoms with Crippen LogP contribution in [0.1, 0.15) is 178 Å². The number of hydrogen-bond donors (Lipinski definition) is 3. The van der Waals surface area contributed by atoms with Crippen LogP contribution in [0.5, 0.6) is 23.0 Å². The van der Waals surface area contributed by atoms with Crippen molar-refractivity contribution in [3.05, 3.63) is 135 Å². The summed E-state index contributed by atoms with van der Waals surface area (Å²) >= 11 is 25.9. The first kappa shape index (κ1) is 69.2. The predicted molar refractivity (Wildman–Crippen MR) is 331 cm³/mol. The van der Waals surface area contributed by atoms with Gasteiger partial charge in [-0.15, -0.1) is 11.8 Å². The van der Waals surface area contributed by atoms with E-state index in [1.165, 1.54) is 11.6 Å². The topological polar surface area (TPSA) is 250 Å². The molecule has 2 unspecified atom stereocenters. The first-order chi connectivity index (χ1) is 40.5. The SMILES string of the molecule is CC1CC(C)(C)Cc2c1cc1c(c2S(=O)(=O)[O-])Oc2c(S(=O)(=O)[O-])c3c(cc2=C1c1c(Cl)c(SCC(=O)CCCCCCC(=O)NCCc2ccc4c(c2)[C@@H]2C=CC[C@@H]2[C@H](c2cc5c(cc2Br)OCO5)N4)c(Cl)c(Cl)c1C(=O)O)C(C)CC(C)(C)N=3.[Na+].[Na+]. The van der Waals surface area contributed by atoms with E-state index in [2.05, 4.69) is 63.0 Å². The van der Waals surface area contributed by atoms with Crippen LogP contribution in [0.4, 0.5) is 5.69 Å². The van der Waals surface area contributed by atoms with E-state index in [4.69, 9.17) is 54.0 Å². The standard InChI is InChI=1S/C63H65BrCl3N3O13S3.2Na/c1-30-25-62(3,4)27-42-36(30)21-40-48(41-22-37-31(2)26-63(5,6)70-55(37)60(86(78,79)80)57(41)83-56(40)59(42)85(75,76)77)49-50(61(73)74)51(65)53(67)58(52(49)66)84-28-33(71)12-9-7-8-10-15-47(72)68-19-18-32-16-17-44-38(20-32)34-13-11-14-35(34)54(69-44)39-23-45-46(24-43(39)64)82-29-81-45;;/h11,13,16-17,20-24,30-31,34-35,54,69H,7-10,12,14-15,18-19,25-29H2,1-6H3,(H,68,72)(H,73,74)(H,75,76,77)(H,78,79,80);;/q;2*+1/p-2/t30?,31?,34-,35+,54-;;/m1../s1. The zero-order valence-electron chi connectivity index (χ0n) is 50.0. The van der Waals surface area contributed by atoms with Gasteiger partial charge in [-0.25, -0.2) is 21.6 Å². The molecule has 1 amide bonds. The number of ether oxygens (including phenoxy) is 3.